The first-order chi connectivity index (χ1) is 12.2. The second kappa shape index (κ2) is 8.21. The Hall–Kier alpha value is -2.26. The Labute approximate surface area is 159 Å². The highest BCUT2D eigenvalue weighted by atomic mass is 127. The van der Waals surface area contributed by atoms with E-state index in [2.05, 4.69) is 48.2 Å². The highest BCUT2D eigenvalue weighted by Gasteiger charge is 2.10. The predicted molar refractivity (Wildman–Crippen MR) is 108 cm³/mol. The van der Waals surface area contributed by atoms with Gasteiger partial charge in [0.15, 0.2) is 0 Å². The van der Waals surface area contributed by atoms with Gasteiger partial charge in [0, 0.05) is 21.9 Å². The molecule has 0 aliphatic heterocycles. The van der Waals surface area contributed by atoms with Crippen LogP contribution < -0.4 is 10.6 Å². The van der Waals surface area contributed by atoms with E-state index in [0.29, 0.717) is 17.5 Å². The number of benzene rings is 1. The maximum absolute atomic E-state index is 9.28. The number of aliphatic hydroxyl groups is 1. The quantitative estimate of drug-likeness (QED) is 0.501. The molecule has 2 aromatic heterocycles. The lowest BCUT2D eigenvalue weighted by Gasteiger charge is -2.14. The molecule has 7 heteroatoms. The molecule has 0 saturated carbocycles. The number of anilines is 3. The molecule has 25 heavy (non-hydrogen) atoms. The van der Waals surface area contributed by atoms with Crippen molar-refractivity contribution in [1.82, 2.24) is 15.0 Å². The molecule has 3 N–H and O–H groups in total. The topological polar surface area (TPSA) is 83.0 Å². The van der Waals surface area contributed by atoms with E-state index in [4.69, 9.17) is 0 Å². The molecular formula is C18H18IN5O. The van der Waals surface area contributed by atoms with Crippen molar-refractivity contribution in [2.45, 2.75) is 13.0 Å². The molecule has 0 fully saturated rings. The van der Waals surface area contributed by atoms with E-state index >= 15 is 0 Å². The van der Waals surface area contributed by atoms with Gasteiger partial charge in [0.2, 0.25) is 5.95 Å². The fraction of sp³-hybridized carbons (Fsp3) is 0.167. The Kier molecular flexibility index (Phi) is 5.77. The van der Waals surface area contributed by atoms with Crippen LogP contribution in [0.5, 0.6) is 0 Å². The van der Waals surface area contributed by atoms with E-state index in [9.17, 15) is 5.11 Å². The minimum Gasteiger partial charge on any atom is -0.394 e. The van der Waals surface area contributed by atoms with Gasteiger partial charge in [-0.1, -0.05) is 18.2 Å². The lowest BCUT2D eigenvalue weighted by atomic mass is 10.2. The third-order valence-corrected chi connectivity index (χ3v) is 4.38. The summed E-state index contributed by atoms with van der Waals surface area (Å²) in [5.41, 5.74) is 2.43. The average Bonchev–Trinajstić information content (AvgIpc) is 2.64. The second-order valence-corrected chi connectivity index (χ2v) is 6.67. The zero-order chi connectivity index (χ0) is 17.6. The van der Waals surface area contributed by atoms with Crippen LogP contribution in [0.2, 0.25) is 0 Å². The lowest BCUT2D eigenvalue weighted by molar-refractivity contribution is 0.281. The molecule has 2 heterocycles. The van der Waals surface area contributed by atoms with E-state index in [1.165, 1.54) is 0 Å². The van der Waals surface area contributed by atoms with Gasteiger partial charge < -0.3 is 15.7 Å². The molecule has 0 unspecified atom stereocenters. The number of nitrogens with one attached hydrogen (secondary N) is 2. The zero-order valence-corrected chi connectivity index (χ0v) is 15.8. The van der Waals surface area contributed by atoms with Crippen LogP contribution in [0.15, 0.2) is 54.7 Å². The summed E-state index contributed by atoms with van der Waals surface area (Å²) in [6.07, 6.45) is 1.73. The minimum absolute atomic E-state index is 0.00345. The number of halogens is 1. The Morgan fingerprint density at radius 1 is 1.08 bits per heavy atom. The molecule has 0 amide bonds. The number of pyridine rings is 1. The van der Waals surface area contributed by atoms with Crippen molar-refractivity contribution in [3.8, 4) is 11.4 Å². The van der Waals surface area contributed by atoms with Gasteiger partial charge in [0.05, 0.1) is 23.7 Å². The van der Waals surface area contributed by atoms with Crippen molar-refractivity contribution in [1.29, 1.82) is 0 Å². The second-order valence-electron chi connectivity index (χ2n) is 5.51. The zero-order valence-electron chi connectivity index (χ0n) is 13.6. The van der Waals surface area contributed by atoms with E-state index in [0.717, 1.165) is 15.0 Å². The third-order valence-electron chi connectivity index (χ3n) is 3.44. The number of rotatable bonds is 6. The van der Waals surface area contributed by atoms with Crippen LogP contribution in [0, 0.1) is 3.57 Å². The molecule has 0 radical (unpaired) electrons. The normalized spacial score (nSPS) is 11.8. The van der Waals surface area contributed by atoms with E-state index < -0.39 is 0 Å². The molecule has 1 atom stereocenters. The van der Waals surface area contributed by atoms with Crippen LogP contribution in [-0.2, 0) is 0 Å². The molecule has 0 bridgehead atoms. The summed E-state index contributed by atoms with van der Waals surface area (Å²) >= 11 is 2.28. The first-order valence-electron chi connectivity index (χ1n) is 7.85. The van der Waals surface area contributed by atoms with Crippen LogP contribution in [-0.4, -0.2) is 32.7 Å². The van der Waals surface area contributed by atoms with Gasteiger partial charge in [-0.15, -0.1) is 0 Å². The largest absolute Gasteiger partial charge is 0.394 e. The minimum atomic E-state index is -0.149. The molecular weight excluding hydrogens is 429 g/mol. The van der Waals surface area contributed by atoms with Crippen LogP contribution in [0.3, 0.4) is 0 Å². The van der Waals surface area contributed by atoms with Crippen molar-refractivity contribution >= 4 is 40.0 Å². The highest BCUT2D eigenvalue weighted by Crippen LogP contribution is 2.25. The SMILES string of the molecule is C[C@@H](CO)Nc1nc(Nc2ccccc2I)cc(-c2ccccn2)n1. The van der Waals surface area contributed by atoms with Crippen molar-refractivity contribution in [3.05, 3.63) is 58.3 Å². The number of hydrogen-bond donors (Lipinski definition) is 3. The molecule has 3 rings (SSSR count). The van der Waals surface area contributed by atoms with Gasteiger partial charge in [0.25, 0.3) is 0 Å². The summed E-state index contributed by atoms with van der Waals surface area (Å²) in [6.45, 7) is 1.86. The standard InChI is InChI=1S/C18H18IN5O/c1-12(11-25)21-18-23-16(15-8-4-5-9-20-15)10-17(24-18)22-14-7-3-2-6-13(14)19/h2-10,12,25H,11H2,1H3,(H2,21,22,23,24)/t12-/m0/s1. The Balaban J connectivity index is 1.99. The molecule has 128 valence electrons. The predicted octanol–water partition coefficient (Wildman–Crippen LogP) is 3.68. The fourth-order valence-electron chi connectivity index (χ4n) is 2.19. The number of nitrogens with zero attached hydrogens (tertiary/aromatic N) is 3. The average molecular weight is 447 g/mol. The van der Waals surface area contributed by atoms with E-state index in [-0.39, 0.29) is 12.6 Å². The van der Waals surface area contributed by atoms with Crippen LogP contribution in [0.1, 0.15) is 6.92 Å². The Morgan fingerprint density at radius 3 is 2.60 bits per heavy atom. The van der Waals surface area contributed by atoms with Crippen LogP contribution in [0.25, 0.3) is 11.4 Å². The number of para-hydroxylation sites is 1. The highest BCUT2D eigenvalue weighted by molar-refractivity contribution is 14.1. The van der Waals surface area contributed by atoms with Crippen LogP contribution in [0.4, 0.5) is 17.5 Å². The van der Waals surface area contributed by atoms with E-state index in [1.807, 2.05) is 55.5 Å². The van der Waals surface area contributed by atoms with E-state index in [1.54, 1.807) is 6.20 Å². The van der Waals surface area contributed by atoms with Gasteiger partial charge in [0.1, 0.15) is 5.82 Å². The van der Waals surface area contributed by atoms with Gasteiger partial charge in [-0.05, 0) is 53.8 Å². The maximum Gasteiger partial charge on any atom is 0.225 e. The lowest BCUT2D eigenvalue weighted by Crippen LogP contribution is -2.21. The van der Waals surface area contributed by atoms with Crippen molar-refractivity contribution in [2.75, 3.05) is 17.2 Å². The van der Waals surface area contributed by atoms with Crippen molar-refractivity contribution in [3.63, 3.8) is 0 Å². The first kappa shape index (κ1) is 17.6. The monoisotopic (exact) mass is 447 g/mol. The van der Waals surface area contributed by atoms with Crippen LogP contribution >= 0.6 is 22.6 Å². The van der Waals surface area contributed by atoms with Crippen molar-refractivity contribution < 1.29 is 5.11 Å². The molecule has 0 saturated heterocycles. The Morgan fingerprint density at radius 2 is 1.88 bits per heavy atom. The molecule has 0 spiro atoms. The van der Waals surface area contributed by atoms with Gasteiger partial charge in [-0.25, -0.2) is 4.98 Å². The summed E-state index contributed by atoms with van der Waals surface area (Å²) in [7, 11) is 0. The molecule has 0 aliphatic carbocycles. The summed E-state index contributed by atoms with van der Waals surface area (Å²) in [5.74, 6) is 1.10. The van der Waals surface area contributed by atoms with Crippen molar-refractivity contribution in [2.24, 2.45) is 0 Å². The third kappa shape index (κ3) is 4.64. The number of hydrogen-bond acceptors (Lipinski definition) is 6. The molecule has 6 nitrogen and oxygen atoms in total. The summed E-state index contributed by atoms with van der Waals surface area (Å²) in [6, 6.07) is 15.4. The van der Waals surface area contributed by atoms with Gasteiger partial charge in [-0.3, -0.25) is 4.98 Å². The summed E-state index contributed by atoms with van der Waals surface area (Å²) in [5, 5.41) is 15.7. The molecule has 0 aliphatic rings. The summed E-state index contributed by atoms with van der Waals surface area (Å²) < 4.78 is 1.09. The van der Waals surface area contributed by atoms with Gasteiger partial charge >= 0.3 is 0 Å². The molecule has 1 aromatic carbocycles. The van der Waals surface area contributed by atoms with Gasteiger partial charge in [-0.2, -0.15) is 4.98 Å². The smallest absolute Gasteiger partial charge is 0.225 e. The summed E-state index contributed by atoms with van der Waals surface area (Å²) in [4.78, 5) is 13.4. The molecule has 3 aromatic rings. The number of aliphatic hydroxyl groups excluding tert-OH is 1. The number of aromatic nitrogens is 3. The Bertz CT molecular complexity index is 844. The fourth-order valence-corrected chi connectivity index (χ4v) is 2.71. The maximum atomic E-state index is 9.28. The first-order valence-corrected chi connectivity index (χ1v) is 8.93.